The first-order valence-corrected chi connectivity index (χ1v) is 8.20. The normalized spacial score (nSPS) is 11.4. The molecule has 1 aromatic heterocycles. The third kappa shape index (κ3) is 3.80. The van der Waals surface area contributed by atoms with E-state index in [1.165, 1.54) is 6.07 Å². The van der Waals surface area contributed by atoms with E-state index in [1.807, 2.05) is 26.0 Å². The summed E-state index contributed by atoms with van der Waals surface area (Å²) in [7, 11) is -3.56. The lowest BCUT2D eigenvalue weighted by Gasteiger charge is -2.12. The maximum atomic E-state index is 12.2. The van der Waals surface area contributed by atoms with Gasteiger partial charge in [0.05, 0.1) is 0 Å². The second-order valence-corrected chi connectivity index (χ2v) is 6.59. The van der Waals surface area contributed by atoms with Crippen molar-refractivity contribution in [1.82, 2.24) is 9.71 Å². The van der Waals surface area contributed by atoms with Crippen LogP contribution in [0.3, 0.4) is 0 Å². The van der Waals surface area contributed by atoms with Crippen molar-refractivity contribution < 1.29 is 8.42 Å². The van der Waals surface area contributed by atoms with Crippen molar-refractivity contribution in [1.29, 1.82) is 0 Å². The minimum absolute atomic E-state index is 0.144. The van der Waals surface area contributed by atoms with E-state index in [2.05, 4.69) is 21.1 Å². The summed E-state index contributed by atoms with van der Waals surface area (Å²) in [6.45, 7) is 6.06. The zero-order valence-corrected chi connectivity index (χ0v) is 13.2. The van der Waals surface area contributed by atoms with E-state index in [9.17, 15) is 8.42 Å². The number of aryl methyl sites for hydroxylation is 2. The van der Waals surface area contributed by atoms with E-state index < -0.39 is 10.0 Å². The molecule has 1 aromatic carbocycles. The lowest BCUT2D eigenvalue weighted by atomic mass is 10.1. The minimum atomic E-state index is -3.56. The lowest BCUT2D eigenvalue weighted by molar-refractivity contribution is 0.584. The Morgan fingerprint density at radius 3 is 2.43 bits per heavy atom. The number of rotatable bonds is 5. The molecule has 2 rings (SSSR count). The van der Waals surface area contributed by atoms with Crippen molar-refractivity contribution in [2.75, 3.05) is 11.9 Å². The van der Waals surface area contributed by atoms with Crippen LogP contribution in [0.4, 0.5) is 11.5 Å². The molecule has 1 heterocycles. The van der Waals surface area contributed by atoms with Gasteiger partial charge in [0.1, 0.15) is 4.90 Å². The van der Waals surface area contributed by atoms with Crippen molar-refractivity contribution in [2.24, 2.45) is 0 Å². The summed E-state index contributed by atoms with van der Waals surface area (Å²) in [5.74, 6) is 0.323. The quantitative estimate of drug-likeness (QED) is 0.891. The highest BCUT2D eigenvalue weighted by atomic mass is 32.2. The summed E-state index contributed by atoms with van der Waals surface area (Å²) in [5.41, 5.74) is 3.02. The molecule has 0 aliphatic heterocycles. The van der Waals surface area contributed by atoms with Crippen molar-refractivity contribution in [3.63, 3.8) is 0 Å². The zero-order chi connectivity index (χ0) is 15.5. The van der Waals surface area contributed by atoms with Crippen LogP contribution in [0, 0.1) is 13.8 Å². The predicted octanol–water partition coefficient (Wildman–Crippen LogP) is 2.74. The van der Waals surface area contributed by atoms with E-state index in [1.54, 1.807) is 19.2 Å². The second kappa shape index (κ2) is 6.24. The summed E-state index contributed by atoms with van der Waals surface area (Å²) < 4.78 is 26.9. The van der Waals surface area contributed by atoms with Crippen molar-refractivity contribution in [3.8, 4) is 0 Å². The Bertz CT molecular complexity index is 722. The number of pyridine rings is 1. The Balaban J connectivity index is 2.41. The molecule has 0 aliphatic rings. The Hall–Kier alpha value is -1.92. The molecule has 0 saturated heterocycles. The Morgan fingerprint density at radius 1 is 1.14 bits per heavy atom. The summed E-state index contributed by atoms with van der Waals surface area (Å²) in [4.78, 5) is 4.30. The van der Waals surface area contributed by atoms with Crippen LogP contribution < -0.4 is 10.0 Å². The van der Waals surface area contributed by atoms with Crippen LogP contribution in [-0.4, -0.2) is 19.9 Å². The first-order chi connectivity index (χ1) is 9.92. The van der Waals surface area contributed by atoms with Gasteiger partial charge in [0.2, 0.25) is 10.0 Å². The van der Waals surface area contributed by atoms with Gasteiger partial charge >= 0.3 is 0 Å². The van der Waals surface area contributed by atoms with Crippen LogP contribution in [0.25, 0.3) is 0 Å². The standard InChI is InChI=1S/C15H19N3O2S/c1-4-17-21(19,20)14-6-5-7-16-15(14)18-13-9-11(2)8-12(3)10-13/h5-10,17H,4H2,1-3H3,(H,16,18). The van der Waals surface area contributed by atoms with E-state index >= 15 is 0 Å². The van der Waals surface area contributed by atoms with Gasteiger partial charge in [-0.2, -0.15) is 0 Å². The minimum Gasteiger partial charge on any atom is -0.339 e. The first-order valence-electron chi connectivity index (χ1n) is 6.72. The van der Waals surface area contributed by atoms with E-state index in [4.69, 9.17) is 0 Å². The van der Waals surface area contributed by atoms with Gasteiger partial charge in [0, 0.05) is 18.4 Å². The van der Waals surface area contributed by atoms with Gasteiger partial charge in [-0.1, -0.05) is 13.0 Å². The number of hydrogen-bond donors (Lipinski definition) is 2. The molecule has 0 saturated carbocycles. The highest BCUT2D eigenvalue weighted by Gasteiger charge is 2.18. The van der Waals surface area contributed by atoms with Gasteiger partial charge in [0.15, 0.2) is 5.82 Å². The zero-order valence-electron chi connectivity index (χ0n) is 12.3. The molecule has 0 fully saturated rings. The fourth-order valence-corrected chi connectivity index (χ4v) is 3.30. The Labute approximate surface area is 125 Å². The molecule has 0 spiro atoms. The van der Waals surface area contributed by atoms with E-state index in [0.717, 1.165) is 16.8 Å². The number of nitrogens with zero attached hydrogens (tertiary/aromatic N) is 1. The number of nitrogens with one attached hydrogen (secondary N) is 2. The highest BCUT2D eigenvalue weighted by molar-refractivity contribution is 7.89. The fraction of sp³-hybridized carbons (Fsp3) is 0.267. The SMILES string of the molecule is CCNS(=O)(=O)c1cccnc1Nc1cc(C)cc(C)c1. The molecule has 5 nitrogen and oxygen atoms in total. The predicted molar refractivity (Wildman–Crippen MR) is 84.3 cm³/mol. The molecule has 6 heteroatoms. The largest absolute Gasteiger partial charge is 0.339 e. The van der Waals surface area contributed by atoms with Crippen LogP contribution in [0.1, 0.15) is 18.1 Å². The van der Waals surface area contributed by atoms with Crippen LogP contribution in [-0.2, 0) is 10.0 Å². The molecular formula is C15H19N3O2S. The number of sulfonamides is 1. The van der Waals surface area contributed by atoms with Crippen molar-refractivity contribution in [2.45, 2.75) is 25.7 Å². The van der Waals surface area contributed by atoms with Crippen LogP contribution in [0.15, 0.2) is 41.4 Å². The van der Waals surface area contributed by atoms with Crippen LogP contribution in [0.2, 0.25) is 0 Å². The summed E-state index contributed by atoms with van der Waals surface area (Å²) in [6.07, 6.45) is 1.57. The third-order valence-corrected chi connectivity index (χ3v) is 4.46. The van der Waals surface area contributed by atoms with Gasteiger partial charge in [0.25, 0.3) is 0 Å². The molecule has 0 aliphatic carbocycles. The number of anilines is 2. The topological polar surface area (TPSA) is 71.1 Å². The molecule has 0 unspecified atom stereocenters. The Kier molecular flexibility index (Phi) is 4.59. The molecule has 2 N–H and O–H groups in total. The summed E-state index contributed by atoms with van der Waals surface area (Å²) in [6, 6.07) is 9.10. The number of aromatic nitrogens is 1. The average molecular weight is 305 g/mol. The molecule has 0 bridgehead atoms. The second-order valence-electron chi connectivity index (χ2n) is 4.85. The van der Waals surface area contributed by atoms with Gasteiger partial charge in [-0.05, 0) is 49.2 Å². The number of benzene rings is 1. The molecule has 112 valence electrons. The van der Waals surface area contributed by atoms with Crippen LogP contribution >= 0.6 is 0 Å². The van der Waals surface area contributed by atoms with Gasteiger partial charge in [-0.3, -0.25) is 0 Å². The summed E-state index contributed by atoms with van der Waals surface area (Å²) in [5, 5.41) is 3.09. The molecule has 0 radical (unpaired) electrons. The monoisotopic (exact) mass is 305 g/mol. The maximum Gasteiger partial charge on any atom is 0.244 e. The first kappa shape index (κ1) is 15.5. The van der Waals surface area contributed by atoms with Crippen LogP contribution in [0.5, 0.6) is 0 Å². The molecule has 0 atom stereocenters. The van der Waals surface area contributed by atoms with Gasteiger partial charge < -0.3 is 5.32 Å². The highest BCUT2D eigenvalue weighted by Crippen LogP contribution is 2.23. The molecule has 21 heavy (non-hydrogen) atoms. The van der Waals surface area contributed by atoms with Gasteiger partial charge in [-0.15, -0.1) is 0 Å². The smallest absolute Gasteiger partial charge is 0.244 e. The van der Waals surface area contributed by atoms with Crippen molar-refractivity contribution in [3.05, 3.63) is 47.7 Å². The lowest BCUT2D eigenvalue weighted by Crippen LogP contribution is -2.24. The third-order valence-electron chi connectivity index (χ3n) is 2.88. The maximum absolute atomic E-state index is 12.2. The van der Waals surface area contributed by atoms with Gasteiger partial charge in [-0.25, -0.2) is 18.1 Å². The Morgan fingerprint density at radius 2 is 1.81 bits per heavy atom. The van der Waals surface area contributed by atoms with E-state index in [0.29, 0.717) is 12.4 Å². The summed E-state index contributed by atoms with van der Waals surface area (Å²) >= 11 is 0. The van der Waals surface area contributed by atoms with Crippen molar-refractivity contribution >= 4 is 21.5 Å². The molecular weight excluding hydrogens is 286 g/mol. The fourth-order valence-electron chi connectivity index (χ4n) is 2.15. The number of hydrogen-bond acceptors (Lipinski definition) is 4. The van der Waals surface area contributed by atoms with E-state index in [-0.39, 0.29) is 4.90 Å². The molecule has 0 amide bonds. The average Bonchev–Trinajstić information content (AvgIpc) is 2.37. The molecule has 2 aromatic rings.